The molecule has 0 bridgehead atoms. The molecule has 0 unspecified atom stereocenters. The van der Waals surface area contributed by atoms with Crippen molar-refractivity contribution >= 4 is 52.0 Å². The van der Waals surface area contributed by atoms with Crippen molar-refractivity contribution in [1.29, 1.82) is 0 Å². The van der Waals surface area contributed by atoms with Crippen molar-refractivity contribution in [3.8, 4) is 16.9 Å². The summed E-state index contributed by atoms with van der Waals surface area (Å²) < 4.78 is 2.40. The van der Waals surface area contributed by atoms with Crippen LogP contribution in [0.3, 0.4) is 0 Å². The summed E-state index contributed by atoms with van der Waals surface area (Å²) >= 11 is 8.50. The molecular weight excluding hydrogens is 442 g/mol. The molecule has 0 radical (unpaired) electrons. The maximum absolute atomic E-state index is 12.8. The van der Waals surface area contributed by atoms with Gasteiger partial charge in [-0.3, -0.25) is 9.69 Å². The van der Waals surface area contributed by atoms with Crippen molar-refractivity contribution in [3.63, 3.8) is 0 Å². The van der Waals surface area contributed by atoms with Gasteiger partial charge in [-0.05, 0) is 36.1 Å². The second-order valence-electron chi connectivity index (χ2n) is 6.75. The van der Waals surface area contributed by atoms with E-state index in [2.05, 4.69) is 37.8 Å². The van der Waals surface area contributed by atoms with Gasteiger partial charge in [0.15, 0.2) is 0 Å². The molecule has 0 atom stereocenters. The number of rotatable bonds is 7. The van der Waals surface area contributed by atoms with Crippen LogP contribution in [0.2, 0.25) is 0 Å². The van der Waals surface area contributed by atoms with Crippen LogP contribution in [0.1, 0.15) is 12.5 Å². The number of amides is 1. The molecule has 3 aromatic rings. The molecule has 4 nitrogen and oxygen atoms in total. The van der Waals surface area contributed by atoms with Gasteiger partial charge in [-0.2, -0.15) is 5.10 Å². The summed E-state index contributed by atoms with van der Waals surface area (Å²) in [7, 11) is 0. The van der Waals surface area contributed by atoms with Crippen LogP contribution < -0.4 is 0 Å². The predicted molar refractivity (Wildman–Crippen MR) is 135 cm³/mol. The van der Waals surface area contributed by atoms with E-state index in [0.29, 0.717) is 15.8 Å². The molecule has 1 amide bonds. The second-order valence-corrected chi connectivity index (χ2v) is 9.76. The molecule has 0 saturated carbocycles. The highest BCUT2D eigenvalue weighted by molar-refractivity contribution is 8.26. The molecule has 0 spiro atoms. The van der Waals surface area contributed by atoms with E-state index in [-0.39, 0.29) is 5.91 Å². The van der Waals surface area contributed by atoms with E-state index in [9.17, 15) is 4.79 Å². The molecule has 156 valence electrons. The maximum Gasteiger partial charge on any atom is 0.266 e. The zero-order valence-electron chi connectivity index (χ0n) is 17.0. The minimum Gasteiger partial charge on any atom is -0.289 e. The summed E-state index contributed by atoms with van der Waals surface area (Å²) in [6, 6.07) is 18.3. The Morgan fingerprint density at radius 1 is 1.16 bits per heavy atom. The lowest BCUT2D eigenvalue weighted by Gasteiger charge is -2.10. The Hall–Kier alpha value is -2.61. The van der Waals surface area contributed by atoms with Crippen LogP contribution in [0.15, 0.2) is 83.2 Å². The highest BCUT2D eigenvalue weighted by Crippen LogP contribution is 2.35. The fraction of sp³-hybridized carbons (Fsp3) is 0.125. The monoisotopic (exact) mass is 463 g/mol. The summed E-state index contributed by atoms with van der Waals surface area (Å²) in [4.78, 5) is 16.2. The smallest absolute Gasteiger partial charge is 0.266 e. The van der Waals surface area contributed by atoms with Gasteiger partial charge in [0.1, 0.15) is 4.32 Å². The van der Waals surface area contributed by atoms with E-state index < -0.39 is 0 Å². The maximum atomic E-state index is 12.8. The third-order valence-electron chi connectivity index (χ3n) is 4.67. The van der Waals surface area contributed by atoms with Crippen LogP contribution in [0, 0.1) is 0 Å². The van der Waals surface area contributed by atoms with Gasteiger partial charge >= 0.3 is 0 Å². The normalized spacial score (nSPS) is 15.1. The van der Waals surface area contributed by atoms with Crippen LogP contribution >= 0.6 is 35.7 Å². The first-order chi connectivity index (χ1) is 15.1. The van der Waals surface area contributed by atoms with Crippen molar-refractivity contribution in [2.45, 2.75) is 11.8 Å². The average molecular weight is 464 g/mol. The molecule has 4 rings (SSSR count). The van der Waals surface area contributed by atoms with Crippen molar-refractivity contribution in [2.75, 3.05) is 12.3 Å². The zero-order chi connectivity index (χ0) is 21.8. The second kappa shape index (κ2) is 9.68. The summed E-state index contributed by atoms with van der Waals surface area (Å²) in [6.45, 7) is 6.27. The number of hydrogen-bond acceptors (Lipinski definition) is 5. The summed E-state index contributed by atoms with van der Waals surface area (Å²) in [5.74, 6) is 0.933. The van der Waals surface area contributed by atoms with E-state index in [0.717, 1.165) is 28.3 Å². The van der Waals surface area contributed by atoms with Gasteiger partial charge in [0.2, 0.25) is 0 Å². The SMILES string of the molecule is C=CCN1C(=O)/C(=C/c2cn(-c3ccccc3)nc2-c2ccc(SCC)cc2)SC1=S. The summed E-state index contributed by atoms with van der Waals surface area (Å²) in [6.07, 6.45) is 5.53. The lowest BCUT2D eigenvalue weighted by molar-refractivity contribution is -0.121. The van der Waals surface area contributed by atoms with E-state index in [1.807, 2.05) is 47.3 Å². The van der Waals surface area contributed by atoms with Gasteiger partial charge in [0.25, 0.3) is 5.91 Å². The van der Waals surface area contributed by atoms with Gasteiger partial charge in [0, 0.05) is 28.8 Å². The molecule has 2 aromatic carbocycles. The van der Waals surface area contributed by atoms with Crippen LogP contribution in [0.25, 0.3) is 23.0 Å². The van der Waals surface area contributed by atoms with E-state index in [1.165, 1.54) is 16.7 Å². The number of benzene rings is 2. The molecule has 1 aromatic heterocycles. The fourth-order valence-electron chi connectivity index (χ4n) is 3.23. The Kier molecular flexibility index (Phi) is 6.75. The van der Waals surface area contributed by atoms with Crippen LogP contribution in [-0.2, 0) is 4.79 Å². The van der Waals surface area contributed by atoms with E-state index >= 15 is 0 Å². The quantitative estimate of drug-likeness (QED) is 0.185. The first kappa shape index (κ1) is 21.6. The molecule has 2 heterocycles. The van der Waals surface area contributed by atoms with Crippen molar-refractivity contribution in [2.24, 2.45) is 0 Å². The highest BCUT2D eigenvalue weighted by atomic mass is 32.2. The van der Waals surface area contributed by atoms with Gasteiger partial charge in [-0.15, -0.1) is 18.3 Å². The Morgan fingerprint density at radius 2 is 1.90 bits per heavy atom. The van der Waals surface area contributed by atoms with Gasteiger partial charge < -0.3 is 0 Å². The number of nitrogens with zero attached hydrogens (tertiary/aromatic N) is 3. The van der Waals surface area contributed by atoms with E-state index in [1.54, 1.807) is 22.7 Å². The predicted octanol–water partition coefficient (Wildman–Crippen LogP) is 6.04. The molecule has 1 aliphatic heterocycles. The fourth-order valence-corrected chi connectivity index (χ4v) is 5.16. The molecule has 0 N–H and O–H groups in total. The van der Waals surface area contributed by atoms with Crippen molar-refractivity contribution < 1.29 is 4.79 Å². The van der Waals surface area contributed by atoms with Crippen LogP contribution in [0.4, 0.5) is 0 Å². The Labute approximate surface area is 196 Å². The molecule has 1 saturated heterocycles. The number of thiocarbonyl (C=S) groups is 1. The minimum absolute atomic E-state index is 0.0944. The average Bonchev–Trinajstić information content (AvgIpc) is 3.32. The van der Waals surface area contributed by atoms with Crippen molar-refractivity contribution in [1.82, 2.24) is 14.7 Å². The zero-order valence-corrected chi connectivity index (χ0v) is 19.5. The molecule has 31 heavy (non-hydrogen) atoms. The number of aromatic nitrogens is 2. The lowest BCUT2D eigenvalue weighted by Crippen LogP contribution is -2.27. The van der Waals surface area contributed by atoms with Gasteiger partial charge in [-0.25, -0.2) is 4.68 Å². The molecular formula is C24H21N3OS3. The summed E-state index contributed by atoms with van der Waals surface area (Å²) in [5, 5.41) is 4.85. The van der Waals surface area contributed by atoms with Gasteiger partial charge in [0.05, 0.1) is 16.3 Å². The highest BCUT2D eigenvalue weighted by Gasteiger charge is 2.31. The Morgan fingerprint density at radius 3 is 2.58 bits per heavy atom. The van der Waals surface area contributed by atoms with Gasteiger partial charge in [-0.1, -0.05) is 67.3 Å². The lowest BCUT2D eigenvalue weighted by atomic mass is 10.1. The third-order valence-corrected chi connectivity index (χ3v) is 6.95. The molecule has 7 heteroatoms. The number of carbonyl (C=O) groups is 1. The van der Waals surface area contributed by atoms with Crippen molar-refractivity contribution in [3.05, 3.63) is 83.9 Å². The first-order valence-electron chi connectivity index (χ1n) is 9.85. The number of para-hydroxylation sites is 1. The van der Waals surface area contributed by atoms with E-state index in [4.69, 9.17) is 17.3 Å². The largest absolute Gasteiger partial charge is 0.289 e. The Bertz CT molecular complexity index is 1150. The Balaban J connectivity index is 1.77. The number of carbonyl (C=O) groups excluding carboxylic acids is 1. The molecule has 1 fully saturated rings. The number of thioether (sulfide) groups is 2. The topological polar surface area (TPSA) is 38.1 Å². The standard InChI is InChI=1S/C24H21N3OS3/c1-3-14-26-23(28)21(31-24(26)29)15-18-16-27(19-8-6-5-7-9-19)25-22(18)17-10-12-20(13-11-17)30-4-2/h3,5-13,15-16H,1,4,14H2,2H3/b21-15-. The molecule has 0 aliphatic carbocycles. The van der Waals surface area contributed by atoms with Crippen LogP contribution in [0.5, 0.6) is 0 Å². The first-order valence-corrected chi connectivity index (χ1v) is 12.1. The summed E-state index contributed by atoms with van der Waals surface area (Å²) in [5.41, 5.74) is 3.66. The minimum atomic E-state index is -0.0944. The van der Waals surface area contributed by atoms with Crippen LogP contribution in [-0.4, -0.2) is 37.2 Å². The third kappa shape index (κ3) is 4.69. The number of hydrogen-bond donors (Lipinski definition) is 0. The molecule has 1 aliphatic rings.